The van der Waals surface area contributed by atoms with Crippen LogP contribution in [0.3, 0.4) is 0 Å². The Kier molecular flexibility index (Phi) is 3.33. The number of para-hydroxylation sites is 2. The van der Waals surface area contributed by atoms with Crippen molar-refractivity contribution in [1.82, 2.24) is 0 Å². The molecule has 3 rings (SSSR count). The predicted octanol–water partition coefficient (Wildman–Crippen LogP) is 2.99. The van der Waals surface area contributed by atoms with Gasteiger partial charge in [-0.15, -0.1) is 0 Å². The Morgan fingerprint density at radius 2 is 1.95 bits per heavy atom. The molecule has 0 bridgehead atoms. The summed E-state index contributed by atoms with van der Waals surface area (Å²) in [6, 6.07) is 16.2. The molecule has 0 spiro atoms. The molecule has 104 valence electrons. The Bertz CT molecular complexity index is 716. The maximum absolute atomic E-state index is 12.7. The molecule has 0 fully saturated rings. The smallest absolute Gasteiger partial charge is 0.258 e. The highest BCUT2D eigenvalue weighted by Crippen LogP contribution is 2.33. The number of carbonyl (C=O) groups excluding carboxylic acids is 1. The van der Waals surface area contributed by atoms with Crippen molar-refractivity contribution in [3.63, 3.8) is 0 Å². The summed E-state index contributed by atoms with van der Waals surface area (Å²) in [6.07, 6.45) is -0.0535. The van der Waals surface area contributed by atoms with Crippen LogP contribution in [-0.4, -0.2) is 18.6 Å². The summed E-state index contributed by atoms with van der Waals surface area (Å²) in [5.41, 5.74) is 1.89. The topological polar surface area (TPSA) is 53.3 Å². The van der Waals surface area contributed by atoms with Crippen LogP contribution < -0.4 is 9.64 Å². The highest BCUT2D eigenvalue weighted by molar-refractivity contribution is 6.07. The summed E-state index contributed by atoms with van der Waals surface area (Å²) >= 11 is 0. The van der Waals surface area contributed by atoms with Gasteiger partial charge in [0.2, 0.25) is 0 Å². The highest BCUT2D eigenvalue weighted by atomic mass is 16.5. The van der Waals surface area contributed by atoms with Gasteiger partial charge in [-0.1, -0.05) is 12.1 Å². The number of hydrogen-bond donors (Lipinski definition) is 0. The normalized spacial score (nSPS) is 16.6. The van der Waals surface area contributed by atoms with E-state index in [-0.39, 0.29) is 12.0 Å². The standard InChI is InChI=1S/C17H14N2O2/c1-12-11-19(15-4-2-3-5-16(15)21-12)17(20)14-8-6-13(10-18)7-9-14/h2-9,12H,11H2,1H3. The first-order valence-electron chi connectivity index (χ1n) is 6.77. The summed E-state index contributed by atoms with van der Waals surface area (Å²) in [5, 5.41) is 8.82. The number of hydrogen-bond acceptors (Lipinski definition) is 3. The maximum Gasteiger partial charge on any atom is 0.258 e. The maximum atomic E-state index is 12.7. The zero-order valence-corrected chi connectivity index (χ0v) is 11.6. The van der Waals surface area contributed by atoms with Crippen LogP contribution in [0.1, 0.15) is 22.8 Å². The van der Waals surface area contributed by atoms with Crippen molar-refractivity contribution in [1.29, 1.82) is 5.26 Å². The van der Waals surface area contributed by atoms with Crippen LogP contribution in [0.2, 0.25) is 0 Å². The lowest BCUT2D eigenvalue weighted by molar-refractivity contribution is 0.0961. The number of rotatable bonds is 1. The fourth-order valence-electron chi connectivity index (χ4n) is 2.42. The third-order valence-electron chi connectivity index (χ3n) is 3.43. The monoisotopic (exact) mass is 278 g/mol. The van der Waals surface area contributed by atoms with Gasteiger partial charge in [0, 0.05) is 5.56 Å². The van der Waals surface area contributed by atoms with Crippen molar-refractivity contribution in [3.05, 3.63) is 59.7 Å². The van der Waals surface area contributed by atoms with E-state index in [1.165, 1.54) is 0 Å². The van der Waals surface area contributed by atoms with Gasteiger partial charge in [-0.2, -0.15) is 5.26 Å². The van der Waals surface area contributed by atoms with E-state index in [0.29, 0.717) is 17.7 Å². The summed E-state index contributed by atoms with van der Waals surface area (Å²) < 4.78 is 5.75. The predicted molar refractivity (Wildman–Crippen MR) is 79.4 cm³/mol. The molecule has 2 aromatic carbocycles. The molecule has 4 nitrogen and oxygen atoms in total. The Morgan fingerprint density at radius 3 is 2.67 bits per heavy atom. The zero-order valence-electron chi connectivity index (χ0n) is 11.6. The molecule has 0 radical (unpaired) electrons. The summed E-state index contributed by atoms with van der Waals surface area (Å²) in [4.78, 5) is 14.4. The fourth-order valence-corrected chi connectivity index (χ4v) is 2.42. The summed E-state index contributed by atoms with van der Waals surface area (Å²) in [6.45, 7) is 2.45. The molecule has 1 heterocycles. The van der Waals surface area contributed by atoms with Gasteiger partial charge >= 0.3 is 0 Å². The van der Waals surface area contributed by atoms with Crippen LogP contribution in [0.15, 0.2) is 48.5 Å². The van der Waals surface area contributed by atoms with E-state index in [0.717, 1.165) is 11.4 Å². The van der Waals surface area contributed by atoms with E-state index in [9.17, 15) is 4.79 Å². The second kappa shape index (κ2) is 5.29. The molecule has 0 aromatic heterocycles. The molecule has 1 amide bonds. The molecular formula is C17H14N2O2. The third-order valence-corrected chi connectivity index (χ3v) is 3.43. The molecule has 4 heteroatoms. The first kappa shape index (κ1) is 13.2. The summed E-state index contributed by atoms with van der Waals surface area (Å²) in [7, 11) is 0. The molecule has 0 saturated carbocycles. The van der Waals surface area contributed by atoms with Crippen molar-refractivity contribution in [2.45, 2.75) is 13.0 Å². The number of nitriles is 1. The van der Waals surface area contributed by atoms with E-state index in [2.05, 4.69) is 6.07 Å². The fraction of sp³-hybridized carbons (Fsp3) is 0.176. The number of amides is 1. The number of benzene rings is 2. The van der Waals surface area contributed by atoms with E-state index < -0.39 is 0 Å². The molecule has 0 aliphatic carbocycles. The highest BCUT2D eigenvalue weighted by Gasteiger charge is 2.27. The van der Waals surface area contributed by atoms with Gasteiger partial charge in [0.15, 0.2) is 0 Å². The van der Waals surface area contributed by atoms with Gasteiger partial charge in [0.25, 0.3) is 5.91 Å². The number of nitrogens with zero attached hydrogens (tertiary/aromatic N) is 2. The van der Waals surface area contributed by atoms with Crippen LogP contribution in [0.4, 0.5) is 5.69 Å². The van der Waals surface area contributed by atoms with Crippen molar-refractivity contribution in [2.75, 3.05) is 11.4 Å². The number of carbonyl (C=O) groups is 1. The molecule has 2 aromatic rings. The Morgan fingerprint density at radius 1 is 1.24 bits per heavy atom. The zero-order chi connectivity index (χ0) is 14.8. The molecule has 1 aliphatic rings. The molecule has 0 saturated heterocycles. The number of anilines is 1. The van der Waals surface area contributed by atoms with Gasteiger partial charge in [0.1, 0.15) is 11.9 Å². The SMILES string of the molecule is CC1CN(C(=O)c2ccc(C#N)cc2)c2ccccc2O1. The van der Waals surface area contributed by atoms with E-state index >= 15 is 0 Å². The average molecular weight is 278 g/mol. The quantitative estimate of drug-likeness (QED) is 0.805. The minimum Gasteiger partial charge on any atom is -0.487 e. The number of ether oxygens (including phenoxy) is 1. The van der Waals surface area contributed by atoms with Gasteiger partial charge < -0.3 is 9.64 Å². The minimum atomic E-state index is -0.0814. The average Bonchev–Trinajstić information content (AvgIpc) is 2.53. The second-order valence-electron chi connectivity index (χ2n) is 5.00. The van der Waals surface area contributed by atoms with E-state index in [1.54, 1.807) is 29.2 Å². The lowest BCUT2D eigenvalue weighted by Gasteiger charge is -2.33. The summed E-state index contributed by atoms with van der Waals surface area (Å²) in [5.74, 6) is 0.639. The molecule has 21 heavy (non-hydrogen) atoms. The first-order chi connectivity index (χ1) is 10.2. The first-order valence-corrected chi connectivity index (χ1v) is 6.77. The largest absolute Gasteiger partial charge is 0.487 e. The van der Waals surface area contributed by atoms with Crippen molar-refractivity contribution in [2.24, 2.45) is 0 Å². The molecular weight excluding hydrogens is 264 g/mol. The van der Waals surface area contributed by atoms with Crippen molar-refractivity contribution in [3.8, 4) is 11.8 Å². The van der Waals surface area contributed by atoms with Crippen LogP contribution in [-0.2, 0) is 0 Å². The van der Waals surface area contributed by atoms with Crippen LogP contribution >= 0.6 is 0 Å². The second-order valence-corrected chi connectivity index (χ2v) is 5.00. The van der Waals surface area contributed by atoms with Crippen LogP contribution in [0, 0.1) is 11.3 Å². The lowest BCUT2D eigenvalue weighted by atomic mass is 10.1. The van der Waals surface area contributed by atoms with E-state index in [1.807, 2.05) is 31.2 Å². The Balaban J connectivity index is 1.96. The molecule has 1 aliphatic heterocycles. The van der Waals surface area contributed by atoms with Gasteiger partial charge in [-0.05, 0) is 43.3 Å². The van der Waals surface area contributed by atoms with E-state index in [4.69, 9.17) is 10.00 Å². The molecule has 0 N–H and O–H groups in total. The van der Waals surface area contributed by atoms with Crippen molar-refractivity contribution < 1.29 is 9.53 Å². The molecule has 1 unspecified atom stereocenters. The van der Waals surface area contributed by atoms with Crippen LogP contribution in [0.25, 0.3) is 0 Å². The molecule has 1 atom stereocenters. The Labute approximate surface area is 123 Å². The number of fused-ring (bicyclic) bond motifs is 1. The Hall–Kier alpha value is -2.80. The van der Waals surface area contributed by atoms with Crippen molar-refractivity contribution >= 4 is 11.6 Å². The minimum absolute atomic E-state index is 0.0535. The third kappa shape index (κ3) is 2.46. The van der Waals surface area contributed by atoms with Gasteiger partial charge in [-0.3, -0.25) is 4.79 Å². The van der Waals surface area contributed by atoms with Gasteiger partial charge in [0.05, 0.1) is 23.9 Å². The van der Waals surface area contributed by atoms with Gasteiger partial charge in [-0.25, -0.2) is 0 Å². The van der Waals surface area contributed by atoms with Crippen LogP contribution in [0.5, 0.6) is 5.75 Å². The lowest BCUT2D eigenvalue weighted by Crippen LogP contribution is -2.42.